The molecule has 9 nitrogen and oxygen atoms in total. The van der Waals surface area contributed by atoms with E-state index in [-0.39, 0.29) is 29.9 Å². The Morgan fingerprint density at radius 2 is 1.55 bits per heavy atom. The molecule has 206 valence electrons. The predicted molar refractivity (Wildman–Crippen MR) is 156 cm³/mol. The molecule has 1 aliphatic heterocycles. The van der Waals surface area contributed by atoms with Crippen molar-refractivity contribution in [3.8, 4) is 11.1 Å². The number of likely N-dealkylation sites (tertiary alicyclic amines) is 1. The van der Waals surface area contributed by atoms with E-state index in [0.29, 0.717) is 31.2 Å². The Bertz CT molecular complexity index is 1490. The molecule has 0 atom stereocenters. The number of fused-ring (bicyclic) bond motifs is 1. The molecule has 0 radical (unpaired) electrons. The van der Waals surface area contributed by atoms with Gasteiger partial charge in [-0.15, -0.1) is 0 Å². The summed E-state index contributed by atoms with van der Waals surface area (Å²) in [4.78, 5) is 40.2. The van der Waals surface area contributed by atoms with Gasteiger partial charge < -0.3 is 15.2 Å². The molecule has 2 amide bonds. The van der Waals surface area contributed by atoms with Crippen LogP contribution in [-0.2, 0) is 16.1 Å². The van der Waals surface area contributed by atoms with Gasteiger partial charge in [-0.3, -0.25) is 14.5 Å². The lowest BCUT2D eigenvalue weighted by Crippen LogP contribution is -2.43. The molecule has 0 unspecified atom stereocenters. The Labute approximate surface area is 234 Å². The van der Waals surface area contributed by atoms with Gasteiger partial charge in [-0.25, -0.2) is 4.98 Å². The average molecular weight is 538 g/mol. The number of amides is 2. The number of imide groups is 1. The second kappa shape index (κ2) is 11.1. The van der Waals surface area contributed by atoms with Gasteiger partial charge in [0, 0.05) is 37.5 Å². The fourth-order valence-corrected chi connectivity index (χ4v) is 5.78. The Morgan fingerprint density at radius 1 is 0.875 bits per heavy atom. The summed E-state index contributed by atoms with van der Waals surface area (Å²) in [7, 11) is 0. The average Bonchev–Trinajstić information content (AvgIpc) is 3.56. The van der Waals surface area contributed by atoms with Crippen LogP contribution < -0.4 is 10.6 Å². The molecule has 0 spiro atoms. The van der Waals surface area contributed by atoms with Crippen LogP contribution in [0.1, 0.15) is 64.0 Å². The Morgan fingerprint density at radius 3 is 2.23 bits per heavy atom. The molecule has 2 aromatic carbocycles. The SMILES string of the molecule is CC(C)n1cnc2c(NCc3ccc(-c4ccccc4)cc3)nc(NC3CCC(N4C(=O)CCC4=O)CC3)nc21. The van der Waals surface area contributed by atoms with E-state index in [1.807, 2.05) is 24.5 Å². The number of nitrogens with one attached hydrogen (secondary N) is 2. The van der Waals surface area contributed by atoms with E-state index >= 15 is 0 Å². The number of aromatic nitrogens is 4. The molecule has 1 aliphatic carbocycles. The van der Waals surface area contributed by atoms with Crippen molar-refractivity contribution >= 4 is 34.7 Å². The van der Waals surface area contributed by atoms with Gasteiger partial charge in [0.2, 0.25) is 17.8 Å². The van der Waals surface area contributed by atoms with Gasteiger partial charge in [-0.2, -0.15) is 9.97 Å². The summed E-state index contributed by atoms with van der Waals surface area (Å²) < 4.78 is 2.06. The standard InChI is InChI=1S/C31H35N7O2/c1-20(2)37-19-33-28-29(32-18-21-8-10-23(11-9-21)22-6-4-3-5-7-22)35-31(36-30(28)37)34-24-12-14-25(15-13-24)38-26(39)16-17-27(38)40/h3-11,19-20,24-25H,12-18H2,1-2H3,(H2,32,34,35,36). The molecule has 2 aromatic heterocycles. The molecule has 1 saturated carbocycles. The van der Waals surface area contributed by atoms with Crippen LogP contribution in [0.25, 0.3) is 22.3 Å². The first kappa shape index (κ1) is 26.0. The maximum Gasteiger partial charge on any atom is 0.229 e. The fraction of sp³-hybridized carbons (Fsp3) is 0.387. The Hall–Kier alpha value is -4.27. The fourth-order valence-electron chi connectivity index (χ4n) is 5.78. The molecule has 40 heavy (non-hydrogen) atoms. The largest absolute Gasteiger partial charge is 0.364 e. The third kappa shape index (κ3) is 5.28. The van der Waals surface area contributed by atoms with E-state index in [2.05, 4.69) is 70.4 Å². The molecule has 1 saturated heterocycles. The summed E-state index contributed by atoms with van der Waals surface area (Å²) in [5, 5.41) is 7.03. The topological polar surface area (TPSA) is 105 Å². The lowest BCUT2D eigenvalue weighted by molar-refractivity contribution is -0.141. The van der Waals surface area contributed by atoms with Gasteiger partial charge in [0.1, 0.15) is 0 Å². The van der Waals surface area contributed by atoms with Gasteiger partial charge >= 0.3 is 0 Å². The van der Waals surface area contributed by atoms with Crippen molar-refractivity contribution in [1.29, 1.82) is 0 Å². The minimum Gasteiger partial charge on any atom is -0.364 e. The van der Waals surface area contributed by atoms with Crippen LogP contribution in [0.2, 0.25) is 0 Å². The lowest BCUT2D eigenvalue weighted by atomic mass is 9.90. The lowest BCUT2D eigenvalue weighted by Gasteiger charge is -2.33. The predicted octanol–water partition coefficient (Wildman–Crippen LogP) is 5.56. The molecule has 2 fully saturated rings. The van der Waals surface area contributed by atoms with Crippen LogP contribution in [0.15, 0.2) is 60.9 Å². The molecule has 9 heteroatoms. The van der Waals surface area contributed by atoms with E-state index in [4.69, 9.17) is 9.97 Å². The highest BCUT2D eigenvalue weighted by atomic mass is 16.2. The van der Waals surface area contributed by atoms with Crippen LogP contribution in [0.5, 0.6) is 0 Å². The van der Waals surface area contributed by atoms with Gasteiger partial charge in [0.15, 0.2) is 17.0 Å². The highest BCUT2D eigenvalue weighted by Crippen LogP contribution is 2.30. The van der Waals surface area contributed by atoms with E-state index in [0.717, 1.165) is 42.4 Å². The van der Waals surface area contributed by atoms with Crippen LogP contribution in [0, 0.1) is 0 Å². The van der Waals surface area contributed by atoms with Crippen LogP contribution in [-0.4, -0.2) is 48.3 Å². The number of hydrogen-bond donors (Lipinski definition) is 2. The minimum atomic E-state index is -0.0254. The molecule has 6 rings (SSSR count). The number of benzene rings is 2. The first-order chi connectivity index (χ1) is 19.5. The van der Waals surface area contributed by atoms with Crippen molar-refractivity contribution in [2.75, 3.05) is 10.6 Å². The van der Waals surface area contributed by atoms with E-state index in [9.17, 15) is 9.59 Å². The van der Waals surface area contributed by atoms with Crippen molar-refractivity contribution in [2.24, 2.45) is 0 Å². The first-order valence-electron chi connectivity index (χ1n) is 14.2. The summed E-state index contributed by atoms with van der Waals surface area (Å²) in [6, 6.07) is 19.3. The summed E-state index contributed by atoms with van der Waals surface area (Å²) in [5.74, 6) is 1.21. The number of imidazole rings is 1. The zero-order valence-electron chi connectivity index (χ0n) is 23.0. The molecule has 3 heterocycles. The number of rotatable bonds is 8. The zero-order valence-corrected chi connectivity index (χ0v) is 23.0. The van der Waals surface area contributed by atoms with Crippen molar-refractivity contribution in [2.45, 2.75) is 77.0 Å². The number of hydrogen-bond acceptors (Lipinski definition) is 7. The maximum atomic E-state index is 12.2. The summed E-state index contributed by atoms with van der Waals surface area (Å²) in [6.45, 7) is 4.83. The number of nitrogens with zero attached hydrogens (tertiary/aromatic N) is 5. The highest BCUT2D eigenvalue weighted by molar-refractivity contribution is 6.02. The van der Waals surface area contributed by atoms with Crippen molar-refractivity contribution in [1.82, 2.24) is 24.4 Å². The van der Waals surface area contributed by atoms with Gasteiger partial charge in [0.25, 0.3) is 0 Å². The smallest absolute Gasteiger partial charge is 0.229 e. The monoisotopic (exact) mass is 537 g/mol. The Kier molecular flexibility index (Phi) is 7.19. The van der Waals surface area contributed by atoms with Gasteiger partial charge in [0.05, 0.1) is 6.33 Å². The zero-order chi connectivity index (χ0) is 27.6. The summed E-state index contributed by atoms with van der Waals surface area (Å²) in [6.07, 6.45) is 5.81. The second-order valence-corrected chi connectivity index (χ2v) is 11.0. The van der Waals surface area contributed by atoms with Gasteiger partial charge in [-0.05, 0) is 56.2 Å². The first-order valence-corrected chi connectivity index (χ1v) is 14.2. The third-order valence-electron chi connectivity index (χ3n) is 7.98. The van der Waals surface area contributed by atoms with Crippen LogP contribution in [0.4, 0.5) is 11.8 Å². The van der Waals surface area contributed by atoms with Crippen LogP contribution in [0.3, 0.4) is 0 Å². The van der Waals surface area contributed by atoms with Gasteiger partial charge in [-0.1, -0.05) is 54.6 Å². The second-order valence-electron chi connectivity index (χ2n) is 11.0. The van der Waals surface area contributed by atoms with E-state index < -0.39 is 0 Å². The minimum absolute atomic E-state index is 0.0110. The molecule has 2 aliphatic rings. The Balaban J connectivity index is 1.17. The van der Waals surface area contributed by atoms with Crippen LogP contribution >= 0.6 is 0 Å². The highest BCUT2D eigenvalue weighted by Gasteiger charge is 2.37. The molecule has 4 aromatic rings. The molecule has 2 N–H and O–H groups in total. The van der Waals surface area contributed by atoms with E-state index in [1.165, 1.54) is 16.0 Å². The number of anilines is 2. The quantitative estimate of drug-likeness (QED) is 0.284. The number of carbonyl (C=O) groups is 2. The molecule has 0 bridgehead atoms. The normalized spacial score (nSPS) is 19.5. The summed E-state index contributed by atoms with van der Waals surface area (Å²) >= 11 is 0. The summed E-state index contributed by atoms with van der Waals surface area (Å²) in [5.41, 5.74) is 5.06. The van der Waals surface area contributed by atoms with Crippen molar-refractivity contribution < 1.29 is 9.59 Å². The van der Waals surface area contributed by atoms with Crippen molar-refractivity contribution in [3.05, 3.63) is 66.5 Å². The van der Waals surface area contributed by atoms with Crippen molar-refractivity contribution in [3.63, 3.8) is 0 Å². The maximum absolute atomic E-state index is 12.2. The number of carbonyl (C=O) groups excluding carboxylic acids is 2. The van der Waals surface area contributed by atoms with E-state index in [1.54, 1.807) is 0 Å². The molecular formula is C31H35N7O2. The molecular weight excluding hydrogens is 502 g/mol. The third-order valence-corrected chi connectivity index (χ3v) is 7.98.